The molecule has 0 spiro atoms. The Labute approximate surface area is 132 Å². The summed E-state index contributed by atoms with van der Waals surface area (Å²) in [4.78, 5) is 14.3. The first-order chi connectivity index (χ1) is 10.7. The van der Waals surface area contributed by atoms with Crippen LogP contribution in [0.25, 0.3) is 0 Å². The Morgan fingerprint density at radius 1 is 1.27 bits per heavy atom. The van der Waals surface area contributed by atoms with E-state index in [-0.39, 0.29) is 12.0 Å². The van der Waals surface area contributed by atoms with Crippen LogP contribution < -0.4 is 9.47 Å². The van der Waals surface area contributed by atoms with E-state index in [1.165, 1.54) is 0 Å². The van der Waals surface area contributed by atoms with Gasteiger partial charge in [0.1, 0.15) is 17.5 Å². The van der Waals surface area contributed by atoms with Crippen molar-refractivity contribution in [3.8, 4) is 11.5 Å². The van der Waals surface area contributed by atoms with Gasteiger partial charge < -0.3 is 14.2 Å². The number of nitrogens with zero attached hydrogens (tertiary/aromatic N) is 1. The minimum absolute atomic E-state index is 0.116. The van der Waals surface area contributed by atoms with E-state index >= 15 is 0 Å². The summed E-state index contributed by atoms with van der Waals surface area (Å²) < 4.78 is 15.9. The lowest BCUT2D eigenvalue weighted by atomic mass is 10.0. The SMILES string of the molecule is CCOC(=O)[C@@H]1CCCCN1Cc1ccc(OC)cc1OC. The summed E-state index contributed by atoms with van der Waals surface area (Å²) in [5, 5.41) is 0. The minimum Gasteiger partial charge on any atom is -0.497 e. The molecule has 1 aliphatic rings. The molecule has 5 heteroatoms. The fourth-order valence-electron chi connectivity index (χ4n) is 2.89. The summed E-state index contributed by atoms with van der Waals surface area (Å²) >= 11 is 0. The Bertz CT molecular complexity index is 503. The molecule has 2 rings (SSSR count). The topological polar surface area (TPSA) is 48.0 Å². The molecule has 1 aromatic carbocycles. The van der Waals surface area contributed by atoms with Gasteiger partial charge in [0, 0.05) is 18.2 Å². The van der Waals surface area contributed by atoms with Crippen molar-refractivity contribution in [2.75, 3.05) is 27.4 Å². The quantitative estimate of drug-likeness (QED) is 0.756. The number of rotatable bonds is 6. The third kappa shape index (κ3) is 3.91. The molecule has 122 valence electrons. The number of hydrogen-bond acceptors (Lipinski definition) is 5. The largest absolute Gasteiger partial charge is 0.497 e. The van der Waals surface area contributed by atoms with E-state index in [1.54, 1.807) is 14.2 Å². The van der Waals surface area contributed by atoms with Crippen molar-refractivity contribution in [3.05, 3.63) is 23.8 Å². The predicted molar refractivity (Wildman–Crippen MR) is 84.2 cm³/mol. The van der Waals surface area contributed by atoms with Gasteiger partial charge in [0.25, 0.3) is 0 Å². The van der Waals surface area contributed by atoms with E-state index in [4.69, 9.17) is 14.2 Å². The van der Waals surface area contributed by atoms with Crippen LogP contribution >= 0.6 is 0 Å². The maximum atomic E-state index is 12.1. The highest BCUT2D eigenvalue weighted by Crippen LogP contribution is 2.28. The van der Waals surface area contributed by atoms with Crippen LogP contribution in [-0.4, -0.2) is 44.3 Å². The highest BCUT2D eigenvalue weighted by atomic mass is 16.5. The number of carbonyl (C=O) groups excluding carboxylic acids is 1. The molecular weight excluding hydrogens is 282 g/mol. The van der Waals surface area contributed by atoms with Gasteiger partial charge in [0.2, 0.25) is 0 Å². The molecule has 0 aromatic heterocycles. The van der Waals surface area contributed by atoms with Crippen LogP contribution in [-0.2, 0) is 16.1 Å². The number of benzene rings is 1. The molecule has 1 aliphatic heterocycles. The highest BCUT2D eigenvalue weighted by Gasteiger charge is 2.30. The molecule has 0 aliphatic carbocycles. The fourth-order valence-corrected chi connectivity index (χ4v) is 2.89. The Hall–Kier alpha value is -1.75. The van der Waals surface area contributed by atoms with Gasteiger partial charge in [0.05, 0.1) is 20.8 Å². The smallest absolute Gasteiger partial charge is 0.323 e. The van der Waals surface area contributed by atoms with Crippen molar-refractivity contribution in [1.82, 2.24) is 4.90 Å². The lowest BCUT2D eigenvalue weighted by Crippen LogP contribution is -2.45. The average molecular weight is 307 g/mol. The summed E-state index contributed by atoms with van der Waals surface area (Å²) in [6.45, 7) is 3.85. The summed E-state index contributed by atoms with van der Waals surface area (Å²) in [7, 11) is 3.28. The second-order valence-corrected chi connectivity index (χ2v) is 5.41. The fraction of sp³-hybridized carbons (Fsp3) is 0.588. The summed E-state index contributed by atoms with van der Waals surface area (Å²) in [5.41, 5.74) is 1.06. The number of carbonyl (C=O) groups is 1. The third-order valence-electron chi connectivity index (χ3n) is 4.04. The number of likely N-dealkylation sites (tertiary alicyclic amines) is 1. The van der Waals surface area contributed by atoms with E-state index in [0.717, 1.165) is 42.9 Å². The zero-order chi connectivity index (χ0) is 15.9. The summed E-state index contributed by atoms with van der Waals surface area (Å²) in [6.07, 6.45) is 3.03. The van der Waals surface area contributed by atoms with E-state index in [9.17, 15) is 4.79 Å². The molecule has 1 atom stereocenters. The maximum Gasteiger partial charge on any atom is 0.323 e. The first-order valence-electron chi connectivity index (χ1n) is 7.81. The second kappa shape index (κ2) is 8.03. The summed E-state index contributed by atoms with van der Waals surface area (Å²) in [6, 6.07) is 5.63. The molecule has 5 nitrogen and oxygen atoms in total. The van der Waals surface area contributed by atoms with Gasteiger partial charge in [0.15, 0.2) is 0 Å². The van der Waals surface area contributed by atoms with E-state index in [1.807, 2.05) is 25.1 Å². The van der Waals surface area contributed by atoms with Gasteiger partial charge in [-0.1, -0.05) is 12.5 Å². The maximum absolute atomic E-state index is 12.1. The standard InChI is InChI=1S/C17H25NO4/c1-4-22-17(19)15-7-5-6-10-18(15)12-13-8-9-14(20-2)11-16(13)21-3/h8-9,11,15H,4-7,10,12H2,1-3H3/t15-/m0/s1. The van der Waals surface area contributed by atoms with E-state index < -0.39 is 0 Å². The second-order valence-electron chi connectivity index (χ2n) is 5.41. The third-order valence-corrected chi connectivity index (χ3v) is 4.04. The van der Waals surface area contributed by atoms with Crippen molar-refractivity contribution in [2.24, 2.45) is 0 Å². The van der Waals surface area contributed by atoms with Crippen LogP contribution in [0.3, 0.4) is 0 Å². The van der Waals surface area contributed by atoms with Gasteiger partial charge in [-0.05, 0) is 32.4 Å². The monoisotopic (exact) mass is 307 g/mol. The van der Waals surface area contributed by atoms with Crippen molar-refractivity contribution in [2.45, 2.75) is 38.8 Å². The molecule has 0 N–H and O–H groups in total. The van der Waals surface area contributed by atoms with Gasteiger partial charge in [-0.25, -0.2) is 0 Å². The van der Waals surface area contributed by atoms with Crippen molar-refractivity contribution < 1.29 is 19.0 Å². The molecule has 1 saturated heterocycles. The first-order valence-corrected chi connectivity index (χ1v) is 7.81. The number of ether oxygens (including phenoxy) is 3. The minimum atomic E-state index is -0.152. The van der Waals surface area contributed by atoms with E-state index in [2.05, 4.69) is 4.90 Å². The predicted octanol–water partition coefficient (Wildman–Crippen LogP) is 2.62. The van der Waals surface area contributed by atoms with Crippen LogP contribution in [0.2, 0.25) is 0 Å². The number of piperidine rings is 1. The van der Waals surface area contributed by atoms with Crippen molar-refractivity contribution in [3.63, 3.8) is 0 Å². The van der Waals surface area contributed by atoms with Crippen LogP contribution in [0.5, 0.6) is 11.5 Å². The number of hydrogen-bond donors (Lipinski definition) is 0. The van der Waals surface area contributed by atoms with Crippen LogP contribution in [0.15, 0.2) is 18.2 Å². The van der Waals surface area contributed by atoms with Crippen LogP contribution in [0, 0.1) is 0 Å². The first kappa shape index (κ1) is 16.6. The molecule has 1 fully saturated rings. The Morgan fingerprint density at radius 2 is 2.09 bits per heavy atom. The van der Waals surface area contributed by atoms with Crippen molar-refractivity contribution >= 4 is 5.97 Å². The average Bonchev–Trinajstić information content (AvgIpc) is 2.56. The molecule has 0 bridgehead atoms. The van der Waals surface area contributed by atoms with Gasteiger partial charge in [-0.15, -0.1) is 0 Å². The molecular formula is C17H25NO4. The summed E-state index contributed by atoms with van der Waals surface area (Å²) in [5.74, 6) is 1.43. The molecule has 1 aromatic rings. The Balaban J connectivity index is 2.14. The Morgan fingerprint density at radius 3 is 2.77 bits per heavy atom. The highest BCUT2D eigenvalue weighted by molar-refractivity contribution is 5.75. The lowest BCUT2D eigenvalue weighted by molar-refractivity contribution is -0.151. The number of esters is 1. The lowest BCUT2D eigenvalue weighted by Gasteiger charge is -2.34. The molecule has 0 unspecified atom stereocenters. The molecule has 1 heterocycles. The normalized spacial score (nSPS) is 18.8. The van der Waals surface area contributed by atoms with Gasteiger partial charge in [-0.2, -0.15) is 0 Å². The number of methoxy groups -OCH3 is 2. The molecule has 0 amide bonds. The van der Waals surface area contributed by atoms with Gasteiger partial charge >= 0.3 is 5.97 Å². The zero-order valence-corrected chi connectivity index (χ0v) is 13.6. The van der Waals surface area contributed by atoms with Crippen molar-refractivity contribution in [1.29, 1.82) is 0 Å². The molecule has 0 radical (unpaired) electrons. The van der Waals surface area contributed by atoms with Crippen LogP contribution in [0.1, 0.15) is 31.7 Å². The Kier molecular flexibility index (Phi) is 6.07. The van der Waals surface area contributed by atoms with Crippen LogP contribution in [0.4, 0.5) is 0 Å². The molecule has 0 saturated carbocycles. The van der Waals surface area contributed by atoms with Gasteiger partial charge in [-0.3, -0.25) is 9.69 Å². The zero-order valence-electron chi connectivity index (χ0n) is 13.6. The van der Waals surface area contributed by atoms with E-state index in [0.29, 0.717) is 13.2 Å². The molecule has 22 heavy (non-hydrogen) atoms.